The summed E-state index contributed by atoms with van der Waals surface area (Å²) in [6, 6.07) is -0.261. The van der Waals surface area contributed by atoms with E-state index in [4.69, 9.17) is 21.4 Å². The predicted octanol–water partition coefficient (Wildman–Crippen LogP) is 6.65. The summed E-state index contributed by atoms with van der Waals surface area (Å²) < 4.78 is 9.07. The van der Waals surface area contributed by atoms with Crippen molar-refractivity contribution in [2.24, 2.45) is 10.4 Å². The molecule has 1 aromatic heterocycles. The molecule has 0 aromatic carbocycles. The highest BCUT2D eigenvalue weighted by molar-refractivity contribution is 6.30. The van der Waals surface area contributed by atoms with Gasteiger partial charge in [-0.2, -0.15) is 0 Å². The molecule has 1 aliphatic heterocycles. The van der Waals surface area contributed by atoms with Crippen LogP contribution >= 0.6 is 11.6 Å². The maximum atomic E-state index is 13.5. The number of allylic oxidation sites excluding steroid dienone is 6. The topological polar surface area (TPSA) is 61.4 Å². The van der Waals surface area contributed by atoms with Crippen LogP contribution in [-0.2, 0) is 11.3 Å². The Kier molecular flexibility index (Phi) is 9.96. The van der Waals surface area contributed by atoms with Gasteiger partial charge in [-0.1, -0.05) is 44.9 Å². The third-order valence-electron chi connectivity index (χ3n) is 5.95. The van der Waals surface area contributed by atoms with Gasteiger partial charge in [0.05, 0.1) is 17.9 Å². The van der Waals surface area contributed by atoms with Gasteiger partial charge in [0, 0.05) is 36.0 Å². The SMILES string of the molecule is C=CC(C/C=C(\C)OC(C)C)n1c(C2=CC=NC=C(Cl)C2)nn(CCCC(C)(C)CC)c1=O. The lowest BCUT2D eigenvalue weighted by molar-refractivity contribution is 0.148. The summed E-state index contributed by atoms with van der Waals surface area (Å²) in [4.78, 5) is 17.7. The molecule has 0 N–H and O–H groups in total. The molecule has 0 saturated carbocycles. The normalized spacial score (nSPS) is 15.8. The first-order chi connectivity index (χ1) is 15.6. The minimum Gasteiger partial charge on any atom is -0.496 e. The minimum atomic E-state index is -0.261. The van der Waals surface area contributed by atoms with Crippen molar-refractivity contribution < 1.29 is 4.74 Å². The first kappa shape index (κ1) is 26.9. The fraction of sp³-hybridized carbons (Fsp3) is 0.577. The maximum absolute atomic E-state index is 13.5. The average Bonchev–Trinajstić information content (AvgIpc) is 2.91. The number of aryl methyl sites for hydroxylation is 1. The third-order valence-corrected chi connectivity index (χ3v) is 6.18. The second kappa shape index (κ2) is 12.2. The quantitative estimate of drug-likeness (QED) is 0.252. The Hall–Kier alpha value is -2.34. The number of ether oxygens (including phenoxy) is 1. The highest BCUT2D eigenvalue weighted by Gasteiger charge is 2.23. The van der Waals surface area contributed by atoms with Crippen LogP contribution in [0.15, 0.2) is 51.6 Å². The van der Waals surface area contributed by atoms with Gasteiger partial charge in [0.25, 0.3) is 0 Å². The molecule has 0 saturated heterocycles. The van der Waals surface area contributed by atoms with Crippen LogP contribution in [0.4, 0.5) is 0 Å². The standard InChI is InChI=1S/C26H39ClN4O2/c1-8-23(12-11-20(5)33-19(3)4)31-24(21-13-15-28-18-22(27)17-21)29-30(25(31)32)16-10-14-26(6,7)9-2/h8,11,13,15,18-19,23H,1,9-10,12,14,16-17H2,2-7H3/b20-11+. The number of aliphatic imine (C=N–C) groups is 1. The molecule has 0 radical (unpaired) electrons. The average molecular weight is 475 g/mol. The molecule has 7 heteroatoms. The van der Waals surface area contributed by atoms with E-state index in [1.165, 1.54) is 0 Å². The van der Waals surface area contributed by atoms with E-state index in [0.717, 1.165) is 30.6 Å². The Labute approximate surface area is 203 Å². The number of rotatable bonds is 12. The summed E-state index contributed by atoms with van der Waals surface area (Å²) in [5.41, 5.74) is 0.964. The van der Waals surface area contributed by atoms with Gasteiger partial charge in [-0.25, -0.2) is 9.48 Å². The first-order valence-corrected chi connectivity index (χ1v) is 12.2. The lowest BCUT2D eigenvalue weighted by Gasteiger charge is -2.21. The molecule has 33 heavy (non-hydrogen) atoms. The molecule has 182 valence electrons. The summed E-state index contributed by atoms with van der Waals surface area (Å²) in [6.07, 6.45) is 13.1. The van der Waals surface area contributed by atoms with E-state index in [9.17, 15) is 4.79 Å². The Morgan fingerprint density at radius 2 is 2.12 bits per heavy atom. The van der Waals surface area contributed by atoms with Crippen molar-refractivity contribution in [3.05, 3.63) is 58.1 Å². The smallest absolute Gasteiger partial charge is 0.346 e. The molecule has 2 rings (SSSR count). The van der Waals surface area contributed by atoms with Gasteiger partial charge >= 0.3 is 5.69 Å². The molecule has 0 fully saturated rings. The van der Waals surface area contributed by atoms with E-state index in [1.54, 1.807) is 27.7 Å². The fourth-order valence-corrected chi connectivity index (χ4v) is 3.88. The van der Waals surface area contributed by atoms with Crippen molar-refractivity contribution in [3.8, 4) is 0 Å². The van der Waals surface area contributed by atoms with E-state index >= 15 is 0 Å². The van der Waals surface area contributed by atoms with Gasteiger partial charge in [0.2, 0.25) is 0 Å². The molecule has 0 aliphatic carbocycles. The Bertz CT molecular complexity index is 992. The van der Waals surface area contributed by atoms with Gasteiger partial charge in [-0.05, 0) is 57.6 Å². The second-order valence-corrected chi connectivity index (χ2v) is 10.1. The van der Waals surface area contributed by atoms with Crippen LogP contribution in [-0.4, -0.2) is 26.7 Å². The van der Waals surface area contributed by atoms with Crippen molar-refractivity contribution in [3.63, 3.8) is 0 Å². The highest BCUT2D eigenvalue weighted by Crippen LogP contribution is 2.28. The molecule has 1 unspecified atom stereocenters. The first-order valence-electron chi connectivity index (χ1n) is 11.8. The van der Waals surface area contributed by atoms with Gasteiger partial charge in [0.1, 0.15) is 0 Å². The monoisotopic (exact) mass is 474 g/mol. The van der Waals surface area contributed by atoms with Gasteiger partial charge in [-0.15, -0.1) is 11.7 Å². The molecular weight excluding hydrogens is 436 g/mol. The maximum Gasteiger partial charge on any atom is 0.346 e. The second-order valence-electron chi connectivity index (χ2n) is 9.58. The predicted molar refractivity (Wildman–Crippen MR) is 139 cm³/mol. The molecule has 0 amide bonds. The van der Waals surface area contributed by atoms with Gasteiger partial charge in [-0.3, -0.25) is 9.56 Å². The molecular formula is C26H39ClN4O2. The van der Waals surface area contributed by atoms with Crippen LogP contribution in [0.3, 0.4) is 0 Å². The lowest BCUT2D eigenvalue weighted by Crippen LogP contribution is -2.28. The van der Waals surface area contributed by atoms with Crippen molar-refractivity contribution in [2.75, 3.05) is 0 Å². The van der Waals surface area contributed by atoms with E-state index in [0.29, 0.717) is 30.2 Å². The summed E-state index contributed by atoms with van der Waals surface area (Å²) in [7, 11) is 0. The van der Waals surface area contributed by atoms with Crippen molar-refractivity contribution in [1.82, 2.24) is 14.3 Å². The largest absolute Gasteiger partial charge is 0.496 e. The van der Waals surface area contributed by atoms with Crippen molar-refractivity contribution in [1.29, 1.82) is 0 Å². The minimum absolute atomic E-state index is 0.0983. The summed E-state index contributed by atoms with van der Waals surface area (Å²) in [6.45, 7) is 17.2. The molecule has 0 bridgehead atoms. The number of aromatic nitrogens is 3. The summed E-state index contributed by atoms with van der Waals surface area (Å²) >= 11 is 6.32. The van der Waals surface area contributed by atoms with Crippen LogP contribution in [0.5, 0.6) is 0 Å². The Morgan fingerprint density at radius 1 is 1.39 bits per heavy atom. The van der Waals surface area contributed by atoms with Crippen molar-refractivity contribution >= 4 is 23.4 Å². The fourth-order valence-electron chi connectivity index (χ4n) is 3.68. The van der Waals surface area contributed by atoms with Crippen LogP contribution in [0.2, 0.25) is 0 Å². The molecule has 0 spiro atoms. The van der Waals surface area contributed by atoms with E-state index in [1.807, 2.05) is 32.9 Å². The van der Waals surface area contributed by atoms with Crippen LogP contribution < -0.4 is 5.69 Å². The van der Waals surface area contributed by atoms with Crippen LogP contribution in [0.25, 0.3) is 5.57 Å². The van der Waals surface area contributed by atoms with Crippen LogP contribution in [0, 0.1) is 5.41 Å². The van der Waals surface area contributed by atoms with E-state index in [2.05, 4.69) is 32.3 Å². The Balaban J connectivity index is 2.43. The zero-order chi connectivity index (χ0) is 24.6. The molecule has 1 aromatic rings. The highest BCUT2D eigenvalue weighted by atomic mass is 35.5. The zero-order valence-corrected chi connectivity index (χ0v) is 21.7. The number of hydrogen-bond acceptors (Lipinski definition) is 4. The summed E-state index contributed by atoms with van der Waals surface area (Å²) in [5.74, 6) is 1.43. The van der Waals surface area contributed by atoms with E-state index in [-0.39, 0.29) is 23.3 Å². The molecule has 6 nitrogen and oxygen atoms in total. The van der Waals surface area contributed by atoms with Crippen LogP contribution in [0.1, 0.15) is 85.5 Å². The number of nitrogens with zero attached hydrogens (tertiary/aromatic N) is 4. The van der Waals surface area contributed by atoms with Gasteiger partial charge in [0.15, 0.2) is 5.82 Å². The third kappa shape index (κ3) is 7.88. The molecule has 1 atom stereocenters. The Morgan fingerprint density at radius 3 is 2.76 bits per heavy atom. The number of hydrogen-bond donors (Lipinski definition) is 0. The van der Waals surface area contributed by atoms with Crippen molar-refractivity contribution in [2.45, 2.75) is 92.3 Å². The molecule has 2 heterocycles. The lowest BCUT2D eigenvalue weighted by atomic mass is 9.85. The molecule has 1 aliphatic rings. The zero-order valence-electron chi connectivity index (χ0n) is 21.0. The summed E-state index contributed by atoms with van der Waals surface area (Å²) in [5, 5.41) is 5.35. The number of halogens is 1. The van der Waals surface area contributed by atoms with E-state index < -0.39 is 0 Å². The van der Waals surface area contributed by atoms with Gasteiger partial charge < -0.3 is 4.74 Å².